The average Bonchev–Trinajstić information content (AvgIpc) is 2.85. The number of allylic oxidation sites excluding steroid dienone is 2. The molecule has 1 fully saturated rings. The first-order chi connectivity index (χ1) is 15.9. The summed E-state index contributed by atoms with van der Waals surface area (Å²) in [5.74, 6) is 2.36. The number of ether oxygens (including phenoxy) is 1. The van der Waals surface area contributed by atoms with Crippen LogP contribution in [-0.2, 0) is 4.79 Å². The standard InChI is InChI=1S/C27H36N4O2/c1-18-6-7-22(16-19(18)2)26(32)31-14-12-21(13-15-31)25-24(17-28-27(29-25)30(3)4)20-8-10-23(33-5)11-9-20/h8-11,17,21-22H,6-7,12-16H2,1-5H3. The van der Waals surface area contributed by atoms with E-state index in [9.17, 15) is 4.79 Å². The Morgan fingerprint density at radius 3 is 2.36 bits per heavy atom. The number of carbonyl (C=O) groups excluding carboxylic acids is 1. The zero-order valence-electron chi connectivity index (χ0n) is 20.6. The molecule has 1 saturated heterocycles. The van der Waals surface area contributed by atoms with Crippen LogP contribution in [0.15, 0.2) is 41.6 Å². The molecule has 6 nitrogen and oxygen atoms in total. The van der Waals surface area contributed by atoms with Gasteiger partial charge in [-0.25, -0.2) is 9.97 Å². The van der Waals surface area contributed by atoms with Gasteiger partial charge in [0.1, 0.15) is 5.75 Å². The number of rotatable bonds is 5. The lowest BCUT2D eigenvalue weighted by atomic mass is 9.83. The molecule has 0 spiro atoms. The van der Waals surface area contributed by atoms with Crippen molar-refractivity contribution in [2.45, 2.75) is 51.9 Å². The van der Waals surface area contributed by atoms with Crippen LogP contribution in [0.2, 0.25) is 0 Å². The fourth-order valence-electron chi connectivity index (χ4n) is 5.00. The molecule has 4 rings (SSSR count). The second-order valence-corrected chi connectivity index (χ2v) is 9.69. The maximum absolute atomic E-state index is 13.2. The largest absolute Gasteiger partial charge is 0.497 e. The SMILES string of the molecule is COc1ccc(-c2cnc(N(C)C)nc2C2CCN(C(=O)C3CCC(C)=C(C)C3)CC2)cc1. The monoisotopic (exact) mass is 448 g/mol. The van der Waals surface area contributed by atoms with Gasteiger partial charge in [-0.1, -0.05) is 23.3 Å². The van der Waals surface area contributed by atoms with Crippen molar-refractivity contribution in [1.29, 1.82) is 0 Å². The molecule has 1 aliphatic carbocycles. The molecule has 1 aromatic heterocycles. The third-order valence-corrected chi connectivity index (χ3v) is 7.30. The first kappa shape index (κ1) is 23.3. The summed E-state index contributed by atoms with van der Waals surface area (Å²) in [5.41, 5.74) is 6.10. The zero-order chi connectivity index (χ0) is 23.5. The van der Waals surface area contributed by atoms with E-state index in [-0.39, 0.29) is 5.92 Å². The van der Waals surface area contributed by atoms with E-state index in [4.69, 9.17) is 9.72 Å². The third-order valence-electron chi connectivity index (χ3n) is 7.30. The number of hydrogen-bond acceptors (Lipinski definition) is 5. The molecule has 0 N–H and O–H groups in total. The minimum atomic E-state index is 0.152. The van der Waals surface area contributed by atoms with Gasteiger partial charge >= 0.3 is 0 Å². The normalized spacial score (nSPS) is 19.5. The second-order valence-electron chi connectivity index (χ2n) is 9.69. The number of carbonyl (C=O) groups is 1. The first-order valence-electron chi connectivity index (χ1n) is 12.0. The number of hydrogen-bond donors (Lipinski definition) is 0. The smallest absolute Gasteiger partial charge is 0.226 e. The number of amides is 1. The van der Waals surface area contributed by atoms with Gasteiger partial charge in [-0.2, -0.15) is 0 Å². The molecule has 0 radical (unpaired) electrons. The molecule has 33 heavy (non-hydrogen) atoms. The van der Waals surface area contributed by atoms with Gasteiger partial charge in [0.15, 0.2) is 0 Å². The molecular weight excluding hydrogens is 412 g/mol. The fourth-order valence-corrected chi connectivity index (χ4v) is 5.00. The van der Waals surface area contributed by atoms with Gasteiger partial charge in [0, 0.05) is 50.8 Å². The van der Waals surface area contributed by atoms with Crippen LogP contribution in [0.3, 0.4) is 0 Å². The van der Waals surface area contributed by atoms with Crippen LogP contribution >= 0.6 is 0 Å². The highest BCUT2D eigenvalue weighted by Crippen LogP contribution is 2.37. The number of anilines is 1. The molecule has 2 aromatic rings. The van der Waals surface area contributed by atoms with E-state index in [1.54, 1.807) is 7.11 Å². The van der Waals surface area contributed by atoms with Crippen molar-refractivity contribution in [1.82, 2.24) is 14.9 Å². The zero-order valence-corrected chi connectivity index (χ0v) is 20.6. The topological polar surface area (TPSA) is 58.6 Å². The fraction of sp³-hybridized carbons (Fsp3) is 0.519. The molecule has 1 unspecified atom stereocenters. The number of methoxy groups -OCH3 is 1. The highest BCUT2D eigenvalue weighted by Gasteiger charge is 2.32. The highest BCUT2D eigenvalue weighted by molar-refractivity contribution is 5.79. The highest BCUT2D eigenvalue weighted by atomic mass is 16.5. The maximum atomic E-state index is 13.2. The molecule has 1 aromatic carbocycles. The Morgan fingerprint density at radius 1 is 1.06 bits per heavy atom. The summed E-state index contributed by atoms with van der Waals surface area (Å²) >= 11 is 0. The number of benzene rings is 1. The summed E-state index contributed by atoms with van der Waals surface area (Å²) in [5, 5.41) is 0. The van der Waals surface area contributed by atoms with Gasteiger partial charge in [0.25, 0.3) is 0 Å². The van der Waals surface area contributed by atoms with Crippen LogP contribution in [0.25, 0.3) is 11.1 Å². The molecule has 0 saturated carbocycles. The number of piperidine rings is 1. The number of nitrogens with zero attached hydrogens (tertiary/aromatic N) is 4. The van der Waals surface area contributed by atoms with Crippen molar-refractivity contribution in [2.75, 3.05) is 39.2 Å². The Kier molecular flexibility index (Phi) is 7.01. The molecule has 1 aliphatic heterocycles. The maximum Gasteiger partial charge on any atom is 0.226 e. The quantitative estimate of drug-likeness (QED) is 0.599. The van der Waals surface area contributed by atoms with Crippen molar-refractivity contribution < 1.29 is 9.53 Å². The van der Waals surface area contributed by atoms with Gasteiger partial charge in [0.2, 0.25) is 11.9 Å². The van der Waals surface area contributed by atoms with Crippen molar-refractivity contribution in [2.24, 2.45) is 5.92 Å². The Labute approximate surface area is 197 Å². The van der Waals surface area contributed by atoms with Crippen LogP contribution in [0.4, 0.5) is 5.95 Å². The molecule has 6 heteroatoms. The average molecular weight is 449 g/mol. The van der Waals surface area contributed by atoms with E-state index in [0.29, 0.717) is 11.8 Å². The molecule has 1 atom stereocenters. The van der Waals surface area contributed by atoms with Gasteiger partial charge in [0.05, 0.1) is 12.8 Å². The van der Waals surface area contributed by atoms with E-state index in [0.717, 1.165) is 73.7 Å². The summed E-state index contributed by atoms with van der Waals surface area (Å²) in [7, 11) is 5.61. The van der Waals surface area contributed by atoms with Crippen molar-refractivity contribution >= 4 is 11.9 Å². The molecule has 2 aliphatic rings. The van der Waals surface area contributed by atoms with Gasteiger partial charge < -0.3 is 14.5 Å². The Morgan fingerprint density at radius 2 is 1.76 bits per heavy atom. The van der Waals surface area contributed by atoms with Crippen LogP contribution in [0.5, 0.6) is 5.75 Å². The molecule has 0 bridgehead atoms. The van der Waals surface area contributed by atoms with Gasteiger partial charge in [-0.3, -0.25) is 4.79 Å². The summed E-state index contributed by atoms with van der Waals surface area (Å²) in [6.45, 7) is 5.97. The third kappa shape index (κ3) is 5.05. The molecular formula is C27H36N4O2. The van der Waals surface area contributed by atoms with E-state index in [2.05, 4.69) is 35.9 Å². The Bertz CT molecular complexity index is 1020. The van der Waals surface area contributed by atoms with Crippen LogP contribution < -0.4 is 9.64 Å². The predicted octanol–water partition coefficient (Wildman–Crippen LogP) is 5.06. The Balaban J connectivity index is 1.52. The van der Waals surface area contributed by atoms with Crippen molar-refractivity contribution in [3.63, 3.8) is 0 Å². The van der Waals surface area contributed by atoms with E-state index < -0.39 is 0 Å². The van der Waals surface area contributed by atoms with Gasteiger partial charge in [-0.15, -0.1) is 0 Å². The van der Waals surface area contributed by atoms with Gasteiger partial charge in [-0.05, 0) is 63.6 Å². The Hall–Kier alpha value is -2.89. The lowest BCUT2D eigenvalue weighted by molar-refractivity contribution is -0.137. The minimum absolute atomic E-state index is 0.152. The lowest BCUT2D eigenvalue weighted by Gasteiger charge is -2.36. The predicted molar refractivity (Wildman–Crippen MR) is 133 cm³/mol. The molecule has 2 heterocycles. The summed E-state index contributed by atoms with van der Waals surface area (Å²) in [6.07, 6.45) is 6.76. The van der Waals surface area contributed by atoms with E-state index >= 15 is 0 Å². The van der Waals surface area contributed by atoms with E-state index in [1.807, 2.05) is 37.3 Å². The van der Waals surface area contributed by atoms with Crippen LogP contribution in [0, 0.1) is 5.92 Å². The minimum Gasteiger partial charge on any atom is -0.497 e. The number of aromatic nitrogens is 2. The van der Waals surface area contributed by atoms with E-state index in [1.165, 1.54) is 11.1 Å². The summed E-state index contributed by atoms with van der Waals surface area (Å²) in [6, 6.07) is 8.08. The molecule has 1 amide bonds. The summed E-state index contributed by atoms with van der Waals surface area (Å²) in [4.78, 5) is 26.8. The second kappa shape index (κ2) is 9.94. The van der Waals surface area contributed by atoms with Crippen LogP contribution in [0.1, 0.15) is 57.6 Å². The summed E-state index contributed by atoms with van der Waals surface area (Å²) < 4.78 is 5.32. The van der Waals surface area contributed by atoms with Crippen molar-refractivity contribution in [3.8, 4) is 16.9 Å². The first-order valence-corrected chi connectivity index (χ1v) is 12.0. The van der Waals surface area contributed by atoms with Crippen molar-refractivity contribution in [3.05, 3.63) is 47.3 Å². The molecule has 176 valence electrons. The van der Waals surface area contributed by atoms with Crippen LogP contribution in [-0.4, -0.2) is 55.1 Å². The lowest BCUT2D eigenvalue weighted by Crippen LogP contribution is -2.42. The number of likely N-dealkylation sites (tertiary alicyclic amines) is 1.